The van der Waals surface area contributed by atoms with Crippen molar-refractivity contribution in [2.75, 3.05) is 26.7 Å². The highest BCUT2D eigenvalue weighted by molar-refractivity contribution is 4.92. The van der Waals surface area contributed by atoms with Crippen molar-refractivity contribution in [3.8, 4) is 0 Å². The molecule has 0 aliphatic carbocycles. The van der Waals surface area contributed by atoms with Gasteiger partial charge in [0.15, 0.2) is 0 Å². The summed E-state index contributed by atoms with van der Waals surface area (Å²) in [5, 5.41) is 0. The molecule has 0 atom stereocenters. The Morgan fingerprint density at radius 2 is 2.22 bits per heavy atom. The average molecular weight is 130 g/mol. The lowest BCUT2D eigenvalue weighted by Crippen LogP contribution is -2.57. The quantitative estimate of drug-likeness (QED) is 0.591. The van der Waals surface area contributed by atoms with Gasteiger partial charge in [0.05, 0.1) is 0 Å². The fraction of sp³-hybridized carbons (Fsp3) is 1.00. The van der Waals surface area contributed by atoms with Crippen LogP contribution in [-0.2, 0) is 0 Å². The molecule has 2 N–H and O–H groups in total. The second kappa shape index (κ2) is 2.27. The van der Waals surface area contributed by atoms with Crippen LogP contribution in [0.5, 0.6) is 0 Å². The van der Waals surface area contributed by atoms with Gasteiger partial charge in [-0.1, -0.05) is 6.92 Å². The zero-order valence-electron chi connectivity index (χ0n) is 6.35. The number of likely N-dealkylation sites (tertiary alicyclic amines) is 1. The largest absolute Gasteiger partial charge is 0.330 e. The van der Waals surface area contributed by atoms with Crippen molar-refractivity contribution in [3.63, 3.8) is 0 Å². The van der Waals surface area contributed by atoms with Gasteiger partial charge in [-0.05, 0) is 13.5 Å². The maximum atomic E-state index is 5.61. The molecule has 1 aliphatic rings. The Morgan fingerprint density at radius 3 is 2.33 bits per heavy atom. The summed E-state index contributed by atoms with van der Waals surface area (Å²) in [5.41, 5.74) is 6.10. The number of hydrogen-bond donors (Lipinski definition) is 1. The lowest BCUT2D eigenvalue weighted by atomic mass is 9.78. The van der Waals surface area contributed by atoms with E-state index < -0.39 is 0 Å². The van der Waals surface area contributed by atoms with Crippen LogP contribution in [0.1, 0.15) is 14.8 Å². The molecule has 0 bridgehead atoms. The minimum Gasteiger partial charge on any atom is -0.330 e. The number of hydrogen-bond acceptors (Lipinski definition) is 2. The van der Waals surface area contributed by atoms with Crippen LogP contribution in [0.15, 0.2) is 0 Å². The van der Waals surface area contributed by atoms with Crippen molar-refractivity contribution in [1.82, 2.24) is 4.90 Å². The normalized spacial score (nSPS) is 25.7. The smallest absolute Gasteiger partial charge is 0.00772 e. The molecule has 1 rings (SSSR count). The maximum absolute atomic E-state index is 5.61. The Bertz CT molecular complexity index is 93.8. The van der Waals surface area contributed by atoms with E-state index in [1.54, 1.807) is 0 Å². The molecule has 9 heavy (non-hydrogen) atoms. The minimum absolute atomic E-state index is 0. The van der Waals surface area contributed by atoms with Gasteiger partial charge in [-0.15, -0.1) is 0 Å². The molecule has 0 aromatic heterocycles. The van der Waals surface area contributed by atoms with Crippen LogP contribution in [0, 0.1) is 5.41 Å². The van der Waals surface area contributed by atoms with Crippen LogP contribution in [0.25, 0.3) is 0 Å². The first-order valence-corrected chi connectivity index (χ1v) is 3.61. The van der Waals surface area contributed by atoms with E-state index in [2.05, 4.69) is 18.9 Å². The van der Waals surface area contributed by atoms with Gasteiger partial charge in [0, 0.05) is 26.5 Å². The molecule has 0 amide bonds. The van der Waals surface area contributed by atoms with Gasteiger partial charge >= 0.3 is 0 Å². The summed E-state index contributed by atoms with van der Waals surface area (Å²) in [5.74, 6) is 0. The second-order valence-corrected chi connectivity index (χ2v) is 3.23. The Balaban J connectivity index is 0.000000810. The Morgan fingerprint density at radius 1 is 1.67 bits per heavy atom. The van der Waals surface area contributed by atoms with Gasteiger partial charge in [-0.2, -0.15) is 0 Å². The Kier molecular flexibility index (Phi) is 1.78. The van der Waals surface area contributed by atoms with Crippen LogP contribution in [-0.4, -0.2) is 31.6 Å². The van der Waals surface area contributed by atoms with Gasteiger partial charge < -0.3 is 10.6 Å². The zero-order valence-corrected chi connectivity index (χ0v) is 6.35. The molecule has 56 valence electrons. The summed E-state index contributed by atoms with van der Waals surface area (Å²) >= 11 is 0. The second-order valence-electron chi connectivity index (χ2n) is 3.23. The molecule has 0 radical (unpaired) electrons. The van der Waals surface area contributed by atoms with Crippen molar-refractivity contribution in [3.05, 3.63) is 0 Å². The summed E-state index contributed by atoms with van der Waals surface area (Å²) in [6.45, 7) is 5.47. The SMILES string of the molecule is CCC1(CN)CN(C)C1.[HH]. The molecular formula is C7H18N2. The molecule has 1 aliphatic heterocycles. The number of rotatable bonds is 2. The molecule has 2 heteroatoms. The fourth-order valence-corrected chi connectivity index (χ4v) is 1.60. The van der Waals surface area contributed by atoms with Gasteiger partial charge in [0.2, 0.25) is 0 Å². The number of nitrogens with two attached hydrogens (primary N) is 1. The lowest BCUT2D eigenvalue weighted by Gasteiger charge is -2.47. The molecule has 0 aromatic carbocycles. The highest BCUT2D eigenvalue weighted by Gasteiger charge is 2.37. The van der Waals surface area contributed by atoms with Crippen molar-refractivity contribution in [2.24, 2.45) is 11.1 Å². The van der Waals surface area contributed by atoms with Crippen LogP contribution < -0.4 is 5.73 Å². The predicted octanol–water partition coefficient (Wildman–Crippen LogP) is 0.533. The van der Waals surface area contributed by atoms with E-state index >= 15 is 0 Å². The Labute approximate surface area is 58.5 Å². The topological polar surface area (TPSA) is 29.3 Å². The van der Waals surface area contributed by atoms with Crippen molar-refractivity contribution in [2.45, 2.75) is 13.3 Å². The van der Waals surface area contributed by atoms with Crippen LogP contribution >= 0.6 is 0 Å². The van der Waals surface area contributed by atoms with E-state index in [4.69, 9.17) is 5.73 Å². The van der Waals surface area contributed by atoms with Crippen molar-refractivity contribution in [1.29, 1.82) is 0 Å². The molecule has 1 fully saturated rings. The molecule has 2 nitrogen and oxygen atoms in total. The van der Waals surface area contributed by atoms with E-state index in [1.807, 2.05) is 0 Å². The molecule has 1 saturated heterocycles. The van der Waals surface area contributed by atoms with Gasteiger partial charge in [0.25, 0.3) is 0 Å². The van der Waals surface area contributed by atoms with Crippen LogP contribution in [0.3, 0.4) is 0 Å². The first-order valence-electron chi connectivity index (χ1n) is 3.61. The summed E-state index contributed by atoms with van der Waals surface area (Å²) in [7, 11) is 2.14. The molecule has 0 aromatic rings. The standard InChI is InChI=1S/C7H16N2.H2/c1-3-7(4-8)5-9(2)6-7;/h3-6,8H2,1-2H3;1H. The summed E-state index contributed by atoms with van der Waals surface area (Å²) in [6, 6.07) is 0. The van der Waals surface area contributed by atoms with E-state index in [-0.39, 0.29) is 1.43 Å². The van der Waals surface area contributed by atoms with Crippen LogP contribution in [0.4, 0.5) is 0 Å². The first kappa shape index (κ1) is 7.03. The van der Waals surface area contributed by atoms with Crippen molar-refractivity contribution < 1.29 is 1.43 Å². The van der Waals surface area contributed by atoms with E-state index in [9.17, 15) is 0 Å². The monoisotopic (exact) mass is 130 g/mol. The molecular weight excluding hydrogens is 112 g/mol. The predicted molar refractivity (Wildman–Crippen MR) is 41.4 cm³/mol. The molecule has 1 heterocycles. The van der Waals surface area contributed by atoms with Crippen LogP contribution in [0.2, 0.25) is 0 Å². The van der Waals surface area contributed by atoms with E-state index in [0.29, 0.717) is 5.41 Å². The summed E-state index contributed by atoms with van der Waals surface area (Å²) in [4.78, 5) is 2.32. The van der Waals surface area contributed by atoms with Gasteiger partial charge in [0.1, 0.15) is 0 Å². The van der Waals surface area contributed by atoms with E-state index in [1.165, 1.54) is 19.5 Å². The third kappa shape index (κ3) is 1.10. The minimum atomic E-state index is 0. The van der Waals surface area contributed by atoms with Crippen molar-refractivity contribution >= 4 is 0 Å². The zero-order chi connectivity index (χ0) is 6.91. The third-order valence-corrected chi connectivity index (χ3v) is 2.39. The molecule has 0 spiro atoms. The average Bonchev–Trinajstić information content (AvgIpc) is 1.81. The fourth-order valence-electron chi connectivity index (χ4n) is 1.60. The maximum Gasteiger partial charge on any atom is 0.00772 e. The highest BCUT2D eigenvalue weighted by Crippen LogP contribution is 2.30. The molecule has 0 unspecified atom stereocenters. The van der Waals surface area contributed by atoms with Gasteiger partial charge in [-0.3, -0.25) is 0 Å². The summed E-state index contributed by atoms with van der Waals surface area (Å²) < 4.78 is 0. The highest BCUT2D eigenvalue weighted by atomic mass is 15.2. The third-order valence-electron chi connectivity index (χ3n) is 2.39. The van der Waals surface area contributed by atoms with E-state index in [0.717, 1.165) is 6.54 Å². The van der Waals surface area contributed by atoms with Gasteiger partial charge in [-0.25, -0.2) is 0 Å². The molecule has 0 saturated carbocycles. The lowest BCUT2D eigenvalue weighted by molar-refractivity contribution is 0.0269. The summed E-state index contributed by atoms with van der Waals surface area (Å²) in [6.07, 6.45) is 1.23. The number of nitrogens with zero attached hydrogens (tertiary/aromatic N) is 1. The first-order chi connectivity index (χ1) is 4.22. The Hall–Kier alpha value is -0.0800.